The summed E-state index contributed by atoms with van der Waals surface area (Å²) in [6.45, 7) is 0. The van der Waals surface area contributed by atoms with Crippen molar-refractivity contribution in [3.63, 3.8) is 0 Å². The minimum absolute atomic E-state index is 0.163. The van der Waals surface area contributed by atoms with Gasteiger partial charge in [-0.05, 0) is 12.1 Å². The van der Waals surface area contributed by atoms with Crippen molar-refractivity contribution in [3.8, 4) is 5.75 Å². The maximum absolute atomic E-state index is 11.6. The van der Waals surface area contributed by atoms with Gasteiger partial charge in [-0.1, -0.05) is 11.6 Å². The Kier molecular flexibility index (Phi) is 2.87. The van der Waals surface area contributed by atoms with E-state index in [1.165, 1.54) is 16.9 Å². The molecule has 2 heterocycles. The summed E-state index contributed by atoms with van der Waals surface area (Å²) in [5, 5.41) is 4.27. The van der Waals surface area contributed by atoms with Gasteiger partial charge in [0, 0.05) is 19.3 Å². The maximum atomic E-state index is 11.6. The minimum atomic E-state index is -0.560. The lowest BCUT2D eigenvalue weighted by atomic mass is 10.4. The molecule has 0 aliphatic heterocycles. The van der Waals surface area contributed by atoms with E-state index in [1.54, 1.807) is 25.4 Å². The van der Waals surface area contributed by atoms with Crippen LogP contribution in [0.1, 0.15) is 10.5 Å². The van der Waals surface area contributed by atoms with E-state index in [9.17, 15) is 4.79 Å². The van der Waals surface area contributed by atoms with Crippen molar-refractivity contribution < 1.29 is 9.53 Å². The van der Waals surface area contributed by atoms with E-state index in [0.717, 1.165) is 0 Å². The normalized spacial score (nSPS) is 10.1. The number of hydrogen-bond acceptors (Lipinski definition) is 4. The first-order chi connectivity index (χ1) is 7.66. The topological polar surface area (TPSA) is 57.0 Å². The molecule has 0 fully saturated rings. The Balaban J connectivity index is 2.15. The first kappa shape index (κ1) is 10.6. The Morgan fingerprint density at radius 1 is 1.56 bits per heavy atom. The van der Waals surface area contributed by atoms with Crippen LogP contribution >= 0.6 is 11.6 Å². The quantitative estimate of drug-likeness (QED) is 0.746. The summed E-state index contributed by atoms with van der Waals surface area (Å²) in [6, 6.07) is 4.75. The van der Waals surface area contributed by atoms with Crippen LogP contribution in [0, 0.1) is 0 Å². The van der Waals surface area contributed by atoms with Gasteiger partial charge in [0.05, 0.1) is 6.20 Å². The molecule has 0 radical (unpaired) electrons. The lowest BCUT2D eigenvalue weighted by Crippen LogP contribution is -2.09. The fraction of sp³-hybridized carbons (Fsp3) is 0.100. The second-order valence-corrected chi connectivity index (χ2v) is 3.44. The molecule has 2 aromatic rings. The lowest BCUT2D eigenvalue weighted by Gasteiger charge is -1.99. The molecular formula is C10H8ClN3O2. The van der Waals surface area contributed by atoms with Crippen LogP contribution in [0.15, 0.2) is 30.6 Å². The predicted octanol–water partition coefficient (Wildman–Crippen LogP) is 1.69. The van der Waals surface area contributed by atoms with Crippen LogP contribution in [0.3, 0.4) is 0 Å². The van der Waals surface area contributed by atoms with Crippen LogP contribution in [0.4, 0.5) is 0 Å². The summed E-state index contributed by atoms with van der Waals surface area (Å²) in [6.07, 6.45) is 3.04. The predicted molar refractivity (Wildman–Crippen MR) is 57.4 cm³/mol. The van der Waals surface area contributed by atoms with Gasteiger partial charge in [0.1, 0.15) is 10.9 Å². The molecule has 82 valence electrons. The van der Waals surface area contributed by atoms with Gasteiger partial charge in [0.2, 0.25) is 0 Å². The van der Waals surface area contributed by atoms with Gasteiger partial charge >= 0.3 is 5.97 Å². The van der Waals surface area contributed by atoms with Crippen LogP contribution in [-0.2, 0) is 7.05 Å². The van der Waals surface area contributed by atoms with Crippen molar-refractivity contribution in [2.45, 2.75) is 0 Å². The molecule has 0 saturated carbocycles. The molecule has 0 N–H and O–H groups in total. The number of halogens is 1. The zero-order valence-electron chi connectivity index (χ0n) is 8.42. The van der Waals surface area contributed by atoms with E-state index < -0.39 is 5.97 Å². The van der Waals surface area contributed by atoms with Crippen molar-refractivity contribution in [2.24, 2.45) is 7.05 Å². The number of pyridine rings is 1. The third kappa shape index (κ3) is 2.20. The third-order valence-corrected chi connectivity index (χ3v) is 2.23. The van der Waals surface area contributed by atoms with Gasteiger partial charge in [-0.15, -0.1) is 0 Å². The lowest BCUT2D eigenvalue weighted by molar-refractivity contribution is 0.0727. The summed E-state index contributed by atoms with van der Waals surface area (Å²) in [5.74, 6) is -0.190. The van der Waals surface area contributed by atoms with Crippen LogP contribution < -0.4 is 4.74 Å². The summed E-state index contributed by atoms with van der Waals surface area (Å²) in [5.41, 5.74) is 0.163. The second kappa shape index (κ2) is 4.32. The second-order valence-electron chi connectivity index (χ2n) is 3.05. The van der Waals surface area contributed by atoms with Crippen molar-refractivity contribution >= 4 is 17.6 Å². The SMILES string of the molecule is Cn1nc(C(=O)Oc2cccnc2)cc1Cl. The maximum Gasteiger partial charge on any atom is 0.364 e. The van der Waals surface area contributed by atoms with Gasteiger partial charge in [0.15, 0.2) is 5.69 Å². The molecule has 5 nitrogen and oxygen atoms in total. The molecule has 0 aliphatic rings. The fourth-order valence-electron chi connectivity index (χ4n) is 1.11. The fourth-order valence-corrected chi connectivity index (χ4v) is 1.25. The number of aryl methyl sites for hydroxylation is 1. The Labute approximate surface area is 96.6 Å². The van der Waals surface area contributed by atoms with Crippen molar-refractivity contribution in [1.29, 1.82) is 0 Å². The van der Waals surface area contributed by atoms with Crippen molar-refractivity contribution in [1.82, 2.24) is 14.8 Å². The Morgan fingerprint density at radius 3 is 2.94 bits per heavy atom. The highest BCUT2D eigenvalue weighted by molar-refractivity contribution is 6.29. The highest BCUT2D eigenvalue weighted by Gasteiger charge is 2.14. The third-order valence-electron chi connectivity index (χ3n) is 1.88. The van der Waals surface area contributed by atoms with Crippen LogP contribution in [-0.4, -0.2) is 20.7 Å². The molecule has 0 aliphatic carbocycles. The smallest absolute Gasteiger partial charge is 0.364 e. The van der Waals surface area contributed by atoms with E-state index in [4.69, 9.17) is 16.3 Å². The van der Waals surface area contributed by atoms with E-state index in [1.807, 2.05) is 0 Å². The monoisotopic (exact) mass is 237 g/mol. The Morgan fingerprint density at radius 2 is 2.38 bits per heavy atom. The van der Waals surface area contributed by atoms with Crippen LogP contribution in [0.25, 0.3) is 0 Å². The number of aromatic nitrogens is 3. The van der Waals surface area contributed by atoms with Crippen molar-refractivity contribution in [2.75, 3.05) is 0 Å². The molecule has 16 heavy (non-hydrogen) atoms. The van der Waals surface area contributed by atoms with Gasteiger partial charge < -0.3 is 4.74 Å². The van der Waals surface area contributed by atoms with E-state index in [-0.39, 0.29) is 5.69 Å². The first-order valence-corrected chi connectivity index (χ1v) is 4.86. The summed E-state index contributed by atoms with van der Waals surface area (Å²) < 4.78 is 6.42. The van der Waals surface area contributed by atoms with Crippen molar-refractivity contribution in [3.05, 3.63) is 41.4 Å². The number of ether oxygens (including phenoxy) is 1. The van der Waals surface area contributed by atoms with Crippen LogP contribution in [0.5, 0.6) is 5.75 Å². The van der Waals surface area contributed by atoms with Gasteiger partial charge in [-0.2, -0.15) is 5.10 Å². The molecular weight excluding hydrogens is 230 g/mol. The standard InChI is InChI=1S/C10H8ClN3O2/c1-14-9(11)5-8(13-14)10(15)16-7-3-2-4-12-6-7/h2-6H,1H3. The molecule has 0 spiro atoms. The zero-order valence-corrected chi connectivity index (χ0v) is 9.18. The molecule has 0 bridgehead atoms. The summed E-state index contributed by atoms with van der Waals surface area (Å²) in [4.78, 5) is 15.4. The van der Waals surface area contributed by atoms with Gasteiger partial charge in [-0.3, -0.25) is 9.67 Å². The molecule has 0 unspecified atom stereocenters. The molecule has 6 heteroatoms. The number of carbonyl (C=O) groups excluding carboxylic acids is 1. The number of hydrogen-bond donors (Lipinski definition) is 0. The number of carbonyl (C=O) groups is 1. The zero-order chi connectivity index (χ0) is 11.5. The molecule has 0 amide bonds. The largest absolute Gasteiger partial charge is 0.420 e. The van der Waals surface area contributed by atoms with E-state index in [2.05, 4.69) is 10.1 Å². The number of nitrogens with zero attached hydrogens (tertiary/aromatic N) is 3. The van der Waals surface area contributed by atoms with E-state index >= 15 is 0 Å². The minimum Gasteiger partial charge on any atom is -0.420 e. The molecule has 0 aromatic carbocycles. The molecule has 0 atom stereocenters. The first-order valence-electron chi connectivity index (χ1n) is 4.48. The van der Waals surface area contributed by atoms with Gasteiger partial charge in [0.25, 0.3) is 0 Å². The number of esters is 1. The average Bonchev–Trinajstić information content (AvgIpc) is 2.61. The molecule has 2 rings (SSSR count). The Bertz CT molecular complexity index is 491. The highest BCUT2D eigenvalue weighted by Crippen LogP contribution is 2.13. The van der Waals surface area contributed by atoms with E-state index in [0.29, 0.717) is 10.9 Å². The summed E-state index contributed by atoms with van der Waals surface area (Å²) >= 11 is 5.76. The Hall–Kier alpha value is -1.88. The molecule has 2 aromatic heterocycles. The summed E-state index contributed by atoms with van der Waals surface area (Å²) in [7, 11) is 1.64. The van der Waals surface area contributed by atoms with Gasteiger partial charge in [-0.25, -0.2) is 4.79 Å². The average molecular weight is 238 g/mol. The highest BCUT2D eigenvalue weighted by atomic mass is 35.5. The van der Waals surface area contributed by atoms with Crippen LogP contribution in [0.2, 0.25) is 5.15 Å². The number of rotatable bonds is 2. The molecule has 0 saturated heterocycles.